The highest BCUT2D eigenvalue weighted by atomic mass is 16.5. The van der Waals surface area contributed by atoms with Crippen LogP contribution in [0.4, 0.5) is 5.82 Å². The highest BCUT2D eigenvalue weighted by molar-refractivity contribution is 5.45. The molecule has 4 nitrogen and oxygen atoms in total. The lowest BCUT2D eigenvalue weighted by Gasteiger charge is -2.36. The van der Waals surface area contributed by atoms with E-state index in [9.17, 15) is 0 Å². The van der Waals surface area contributed by atoms with E-state index in [4.69, 9.17) is 9.72 Å². The van der Waals surface area contributed by atoms with E-state index in [1.807, 2.05) is 0 Å². The topological polar surface area (TPSA) is 37.4 Å². The Morgan fingerprint density at radius 2 is 2.37 bits per heavy atom. The average molecular weight is 261 g/mol. The number of hydrogen-bond acceptors (Lipinski definition) is 4. The number of nitrogens with one attached hydrogen (secondary N) is 1. The maximum Gasteiger partial charge on any atom is 0.219 e. The van der Waals surface area contributed by atoms with E-state index in [2.05, 4.69) is 29.3 Å². The summed E-state index contributed by atoms with van der Waals surface area (Å²) in [7, 11) is 0. The number of piperidine rings is 1. The Labute approximate surface area is 115 Å². The van der Waals surface area contributed by atoms with Gasteiger partial charge in [0.2, 0.25) is 5.88 Å². The van der Waals surface area contributed by atoms with Crippen LogP contribution in [0.3, 0.4) is 0 Å². The molecule has 2 aliphatic heterocycles. The smallest absolute Gasteiger partial charge is 0.219 e. The highest BCUT2D eigenvalue weighted by Gasteiger charge is 2.23. The molecule has 0 aliphatic carbocycles. The molecule has 2 aliphatic rings. The van der Waals surface area contributed by atoms with Crippen molar-refractivity contribution in [1.29, 1.82) is 0 Å². The summed E-state index contributed by atoms with van der Waals surface area (Å²) in [4.78, 5) is 7.22. The lowest BCUT2D eigenvalue weighted by molar-refractivity contribution is 0.313. The minimum absolute atomic E-state index is 0.642. The van der Waals surface area contributed by atoms with Crippen LogP contribution >= 0.6 is 0 Å². The van der Waals surface area contributed by atoms with Gasteiger partial charge in [0.1, 0.15) is 12.4 Å². The van der Waals surface area contributed by atoms with Crippen LogP contribution in [0.2, 0.25) is 0 Å². The fourth-order valence-corrected chi connectivity index (χ4v) is 3.05. The lowest BCUT2D eigenvalue weighted by atomic mass is 10.00. The molecule has 1 saturated heterocycles. The normalized spacial score (nSPS) is 23.4. The quantitative estimate of drug-likeness (QED) is 0.886. The summed E-state index contributed by atoms with van der Waals surface area (Å²) >= 11 is 0. The maximum absolute atomic E-state index is 5.75. The highest BCUT2D eigenvalue weighted by Crippen LogP contribution is 2.28. The number of anilines is 1. The first-order chi connectivity index (χ1) is 9.38. The minimum atomic E-state index is 0.642. The second-order valence-electron chi connectivity index (χ2n) is 5.41. The second-order valence-corrected chi connectivity index (χ2v) is 5.41. The molecule has 3 heterocycles. The van der Waals surface area contributed by atoms with Gasteiger partial charge in [-0.1, -0.05) is 6.92 Å². The van der Waals surface area contributed by atoms with Crippen molar-refractivity contribution >= 4 is 5.82 Å². The Bertz CT molecular complexity index is 435. The van der Waals surface area contributed by atoms with Crippen LogP contribution in [-0.4, -0.2) is 30.7 Å². The van der Waals surface area contributed by atoms with Gasteiger partial charge in [-0.25, -0.2) is 0 Å². The van der Waals surface area contributed by atoms with Gasteiger partial charge < -0.3 is 15.0 Å². The lowest BCUT2D eigenvalue weighted by Crippen LogP contribution is -2.39. The van der Waals surface area contributed by atoms with Crippen LogP contribution < -0.4 is 15.0 Å². The standard InChI is InChI=1S/C15H23N3O/c1-2-13-5-3-4-9-18(13)14-7-6-12-11-16-8-10-19-15(12)17-14/h6-7,13,16H,2-5,8-11H2,1H3/t13-/m0/s1. The summed E-state index contributed by atoms with van der Waals surface area (Å²) < 4.78 is 5.75. The third-order valence-electron chi connectivity index (χ3n) is 4.15. The van der Waals surface area contributed by atoms with Crippen molar-refractivity contribution in [3.05, 3.63) is 17.7 Å². The van der Waals surface area contributed by atoms with E-state index in [0.29, 0.717) is 12.6 Å². The molecular weight excluding hydrogens is 238 g/mol. The molecule has 1 N–H and O–H groups in total. The Kier molecular flexibility index (Phi) is 3.87. The first kappa shape index (κ1) is 12.7. The molecule has 0 saturated carbocycles. The van der Waals surface area contributed by atoms with Crippen LogP contribution in [0.1, 0.15) is 38.2 Å². The van der Waals surface area contributed by atoms with Crippen LogP contribution in [0, 0.1) is 0 Å². The Morgan fingerprint density at radius 3 is 3.26 bits per heavy atom. The van der Waals surface area contributed by atoms with Crippen molar-refractivity contribution in [1.82, 2.24) is 10.3 Å². The first-order valence-electron chi connectivity index (χ1n) is 7.48. The van der Waals surface area contributed by atoms with Crippen molar-refractivity contribution in [3.8, 4) is 5.88 Å². The van der Waals surface area contributed by atoms with E-state index < -0.39 is 0 Å². The number of ether oxygens (including phenoxy) is 1. The molecule has 1 fully saturated rings. The van der Waals surface area contributed by atoms with E-state index in [0.717, 1.165) is 31.3 Å². The maximum atomic E-state index is 5.75. The Hall–Kier alpha value is -1.29. The van der Waals surface area contributed by atoms with E-state index in [1.54, 1.807) is 0 Å². The fourth-order valence-electron chi connectivity index (χ4n) is 3.05. The zero-order chi connectivity index (χ0) is 13.1. The molecule has 1 aromatic heterocycles. The van der Waals surface area contributed by atoms with Crippen molar-refractivity contribution in [2.75, 3.05) is 24.6 Å². The molecule has 19 heavy (non-hydrogen) atoms. The fraction of sp³-hybridized carbons (Fsp3) is 0.667. The predicted octanol–water partition coefficient (Wildman–Crippen LogP) is 2.33. The van der Waals surface area contributed by atoms with Gasteiger partial charge in [0.05, 0.1) is 0 Å². The van der Waals surface area contributed by atoms with Crippen LogP contribution in [0.5, 0.6) is 5.88 Å². The van der Waals surface area contributed by atoms with Gasteiger partial charge >= 0.3 is 0 Å². The SMILES string of the molecule is CC[C@H]1CCCCN1c1ccc2c(n1)OCCNC2. The Balaban J connectivity index is 1.86. The zero-order valence-corrected chi connectivity index (χ0v) is 11.7. The molecule has 0 spiro atoms. The number of pyridine rings is 1. The Morgan fingerprint density at radius 1 is 1.42 bits per heavy atom. The number of nitrogens with zero attached hydrogens (tertiary/aromatic N) is 2. The summed E-state index contributed by atoms with van der Waals surface area (Å²) in [5, 5.41) is 3.34. The molecule has 4 heteroatoms. The van der Waals surface area contributed by atoms with Crippen molar-refractivity contribution in [2.24, 2.45) is 0 Å². The molecule has 0 radical (unpaired) electrons. The predicted molar refractivity (Wildman–Crippen MR) is 76.7 cm³/mol. The largest absolute Gasteiger partial charge is 0.476 e. The molecule has 0 bridgehead atoms. The minimum Gasteiger partial charge on any atom is -0.476 e. The van der Waals surface area contributed by atoms with Gasteiger partial charge in [0.25, 0.3) is 0 Å². The van der Waals surface area contributed by atoms with Gasteiger partial charge in [-0.15, -0.1) is 0 Å². The van der Waals surface area contributed by atoms with Crippen molar-refractivity contribution in [2.45, 2.75) is 45.2 Å². The summed E-state index contributed by atoms with van der Waals surface area (Å²) in [6.45, 7) is 5.86. The zero-order valence-electron chi connectivity index (χ0n) is 11.7. The molecule has 104 valence electrons. The molecule has 0 aromatic carbocycles. The molecule has 0 amide bonds. The second kappa shape index (κ2) is 5.78. The summed E-state index contributed by atoms with van der Waals surface area (Å²) in [6.07, 6.45) is 5.11. The summed E-state index contributed by atoms with van der Waals surface area (Å²) in [5.41, 5.74) is 1.17. The monoisotopic (exact) mass is 261 g/mol. The molecule has 1 aromatic rings. The molecular formula is C15H23N3O. The first-order valence-corrected chi connectivity index (χ1v) is 7.48. The summed E-state index contributed by atoms with van der Waals surface area (Å²) in [6, 6.07) is 4.96. The third kappa shape index (κ3) is 2.68. The molecule has 3 rings (SSSR count). The number of aromatic nitrogens is 1. The van der Waals surface area contributed by atoms with E-state index >= 15 is 0 Å². The average Bonchev–Trinajstić information content (AvgIpc) is 2.71. The van der Waals surface area contributed by atoms with Crippen molar-refractivity contribution in [3.63, 3.8) is 0 Å². The van der Waals surface area contributed by atoms with Gasteiger partial charge in [0.15, 0.2) is 0 Å². The third-order valence-corrected chi connectivity index (χ3v) is 4.15. The summed E-state index contributed by atoms with van der Waals surface area (Å²) in [5.74, 6) is 1.91. The number of hydrogen-bond donors (Lipinski definition) is 1. The van der Waals surface area contributed by atoms with E-state index in [-0.39, 0.29) is 0 Å². The molecule has 1 atom stereocenters. The van der Waals surface area contributed by atoms with Gasteiger partial charge in [-0.3, -0.25) is 0 Å². The molecule has 0 unspecified atom stereocenters. The van der Waals surface area contributed by atoms with Gasteiger partial charge in [0, 0.05) is 31.2 Å². The van der Waals surface area contributed by atoms with Crippen molar-refractivity contribution < 1.29 is 4.74 Å². The number of fused-ring (bicyclic) bond motifs is 1. The van der Waals surface area contributed by atoms with E-state index in [1.165, 1.54) is 31.2 Å². The van der Waals surface area contributed by atoms with Gasteiger partial charge in [-0.05, 0) is 37.8 Å². The van der Waals surface area contributed by atoms with Gasteiger partial charge in [-0.2, -0.15) is 4.98 Å². The van der Waals surface area contributed by atoms with Crippen LogP contribution in [0.25, 0.3) is 0 Å². The van der Waals surface area contributed by atoms with Crippen LogP contribution in [0.15, 0.2) is 12.1 Å². The van der Waals surface area contributed by atoms with Crippen LogP contribution in [-0.2, 0) is 6.54 Å². The number of rotatable bonds is 2.